The molecular formula is C21H24N2O2S3. The largest absolute Gasteiger partial charge is 0.244 e. The maximum atomic E-state index is 13.2. The summed E-state index contributed by atoms with van der Waals surface area (Å²) in [5, 5.41) is 2.89. The molecule has 4 rings (SSSR count). The third-order valence-electron chi connectivity index (χ3n) is 5.26. The van der Waals surface area contributed by atoms with E-state index in [2.05, 4.69) is 29.2 Å². The molecule has 0 amide bonds. The van der Waals surface area contributed by atoms with Crippen molar-refractivity contribution in [2.75, 3.05) is 13.1 Å². The van der Waals surface area contributed by atoms with Gasteiger partial charge in [0.25, 0.3) is 0 Å². The highest BCUT2D eigenvalue weighted by atomic mass is 32.2. The average Bonchev–Trinajstić information content (AvgIpc) is 3.29. The van der Waals surface area contributed by atoms with Crippen molar-refractivity contribution in [3.8, 4) is 9.88 Å². The fourth-order valence-corrected chi connectivity index (χ4v) is 7.62. The number of rotatable bonds is 5. The first-order chi connectivity index (χ1) is 13.4. The van der Waals surface area contributed by atoms with Crippen LogP contribution in [0.25, 0.3) is 9.88 Å². The van der Waals surface area contributed by atoms with Crippen molar-refractivity contribution < 1.29 is 8.42 Å². The lowest BCUT2D eigenvalue weighted by Gasteiger charge is -2.31. The van der Waals surface area contributed by atoms with Crippen LogP contribution >= 0.6 is 22.7 Å². The van der Waals surface area contributed by atoms with E-state index in [0.29, 0.717) is 23.9 Å². The molecule has 0 spiro atoms. The van der Waals surface area contributed by atoms with E-state index in [1.165, 1.54) is 16.9 Å². The van der Waals surface area contributed by atoms with Crippen LogP contribution in [0.3, 0.4) is 0 Å². The Morgan fingerprint density at radius 1 is 1.14 bits per heavy atom. The first-order valence-corrected chi connectivity index (χ1v) is 12.6. The minimum absolute atomic E-state index is 0.446. The van der Waals surface area contributed by atoms with E-state index in [4.69, 9.17) is 0 Å². The lowest BCUT2D eigenvalue weighted by Crippen LogP contribution is -2.38. The Morgan fingerprint density at radius 2 is 1.86 bits per heavy atom. The van der Waals surface area contributed by atoms with Gasteiger partial charge in [0.2, 0.25) is 10.0 Å². The number of hydrogen-bond donors (Lipinski definition) is 0. The molecule has 3 aromatic rings. The molecule has 1 aliphatic rings. The van der Waals surface area contributed by atoms with E-state index in [-0.39, 0.29) is 0 Å². The first-order valence-electron chi connectivity index (χ1n) is 9.50. The summed E-state index contributed by atoms with van der Waals surface area (Å²) in [5.74, 6) is 0.547. The molecule has 0 atom stereocenters. The van der Waals surface area contributed by atoms with Crippen LogP contribution < -0.4 is 0 Å². The van der Waals surface area contributed by atoms with Crippen molar-refractivity contribution in [2.24, 2.45) is 5.92 Å². The minimum atomic E-state index is -3.45. The Morgan fingerprint density at radius 3 is 2.50 bits per heavy atom. The molecule has 0 N–H and O–H groups in total. The highest BCUT2D eigenvalue weighted by molar-refractivity contribution is 7.89. The Labute approximate surface area is 174 Å². The predicted octanol–water partition coefficient (Wildman–Crippen LogP) is 5.13. The summed E-state index contributed by atoms with van der Waals surface area (Å²) >= 11 is 3.08. The van der Waals surface area contributed by atoms with Gasteiger partial charge in [-0.3, -0.25) is 0 Å². The second kappa shape index (κ2) is 8.06. The number of thiazole rings is 1. The third kappa shape index (κ3) is 4.08. The molecule has 7 heteroatoms. The van der Waals surface area contributed by atoms with E-state index in [1.54, 1.807) is 15.6 Å². The molecule has 0 saturated carbocycles. The number of benzene rings is 1. The van der Waals surface area contributed by atoms with Gasteiger partial charge >= 0.3 is 0 Å². The molecule has 1 aliphatic heterocycles. The summed E-state index contributed by atoms with van der Waals surface area (Å²) < 4.78 is 28.1. The third-order valence-corrected chi connectivity index (χ3v) is 9.59. The molecule has 1 aromatic carbocycles. The van der Waals surface area contributed by atoms with Crippen molar-refractivity contribution in [3.05, 3.63) is 57.9 Å². The molecule has 0 unspecified atom stereocenters. The lowest BCUT2D eigenvalue weighted by atomic mass is 9.91. The molecule has 0 aliphatic carbocycles. The lowest BCUT2D eigenvalue weighted by molar-refractivity contribution is 0.273. The minimum Gasteiger partial charge on any atom is -0.241 e. The van der Waals surface area contributed by atoms with Gasteiger partial charge in [0.1, 0.15) is 5.01 Å². The van der Waals surface area contributed by atoms with Crippen molar-refractivity contribution >= 4 is 32.7 Å². The van der Waals surface area contributed by atoms with Crippen molar-refractivity contribution in [2.45, 2.75) is 38.0 Å². The number of hydrogen-bond acceptors (Lipinski definition) is 5. The van der Waals surface area contributed by atoms with Crippen LogP contribution in [0.5, 0.6) is 0 Å². The molecular weight excluding hydrogens is 408 g/mol. The SMILES string of the molecule is Cc1csc(-c2cc(S(=O)(=O)N3CCC(Cc4ccccc4)CC3)c(C)s2)n1. The summed E-state index contributed by atoms with van der Waals surface area (Å²) in [6.45, 7) is 5.04. The summed E-state index contributed by atoms with van der Waals surface area (Å²) in [7, 11) is -3.45. The Bertz CT molecular complexity index is 1050. The van der Waals surface area contributed by atoms with E-state index in [9.17, 15) is 8.42 Å². The number of sulfonamides is 1. The summed E-state index contributed by atoms with van der Waals surface area (Å²) in [5.41, 5.74) is 2.30. The van der Waals surface area contributed by atoms with Gasteiger partial charge in [0.15, 0.2) is 0 Å². The van der Waals surface area contributed by atoms with Crippen LogP contribution in [0.2, 0.25) is 0 Å². The number of aromatic nitrogens is 1. The summed E-state index contributed by atoms with van der Waals surface area (Å²) in [6.07, 6.45) is 2.85. The second-order valence-electron chi connectivity index (χ2n) is 7.36. The Balaban J connectivity index is 1.47. The monoisotopic (exact) mass is 432 g/mol. The summed E-state index contributed by atoms with van der Waals surface area (Å²) in [6, 6.07) is 12.3. The van der Waals surface area contributed by atoms with Crippen LogP contribution in [-0.4, -0.2) is 30.8 Å². The van der Waals surface area contributed by atoms with Gasteiger partial charge in [-0.15, -0.1) is 22.7 Å². The van der Waals surface area contributed by atoms with Crippen molar-refractivity contribution in [3.63, 3.8) is 0 Å². The topological polar surface area (TPSA) is 50.3 Å². The number of aryl methyl sites for hydroxylation is 2. The normalized spacial score (nSPS) is 16.5. The van der Waals surface area contributed by atoms with Gasteiger partial charge in [-0.1, -0.05) is 30.3 Å². The fraction of sp³-hybridized carbons (Fsp3) is 0.381. The molecule has 0 bridgehead atoms. The number of thiophene rings is 1. The highest BCUT2D eigenvalue weighted by Gasteiger charge is 2.31. The maximum Gasteiger partial charge on any atom is 0.244 e. The first kappa shape index (κ1) is 19.8. The van der Waals surface area contributed by atoms with Crippen LogP contribution in [0, 0.1) is 19.8 Å². The average molecular weight is 433 g/mol. The zero-order valence-corrected chi connectivity index (χ0v) is 18.5. The molecule has 28 heavy (non-hydrogen) atoms. The molecule has 148 valence electrons. The molecule has 4 nitrogen and oxygen atoms in total. The molecule has 0 radical (unpaired) electrons. The van der Waals surface area contributed by atoms with Gasteiger partial charge in [-0.05, 0) is 50.7 Å². The second-order valence-corrected chi connectivity index (χ2v) is 11.4. The van der Waals surface area contributed by atoms with Crippen molar-refractivity contribution in [1.29, 1.82) is 0 Å². The number of piperidine rings is 1. The molecule has 1 saturated heterocycles. The zero-order valence-electron chi connectivity index (χ0n) is 16.1. The molecule has 1 fully saturated rings. The van der Waals surface area contributed by atoms with Crippen LogP contribution in [0.4, 0.5) is 0 Å². The van der Waals surface area contributed by atoms with Gasteiger partial charge < -0.3 is 0 Å². The summed E-state index contributed by atoms with van der Waals surface area (Å²) in [4.78, 5) is 6.73. The number of nitrogens with zero attached hydrogens (tertiary/aromatic N) is 2. The van der Waals surface area contributed by atoms with Crippen LogP contribution in [0.1, 0.15) is 29.0 Å². The maximum absolute atomic E-state index is 13.2. The van der Waals surface area contributed by atoms with Gasteiger partial charge in [0.05, 0.1) is 9.77 Å². The Hall–Kier alpha value is -1.54. The van der Waals surface area contributed by atoms with E-state index in [0.717, 1.165) is 39.7 Å². The molecule has 2 aromatic heterocycles. The van der Waals surface area contributed by atoms with Gasteiger partial charge in [-0.2, -0.15) is 4.31 Å². The van der Waals surface area contributed by atoms with Gasteiger partial charge in [0, 0.05) is 29.0 Å². The van der Waals surface area contributed by atoms with E-state index >= 15 is 0 Å². The Kier molecular flexibility index (Phi) is 5.69. The van der Waals surface area contributed by atoms with Crippen LogP contribution in [-0.2, 0) is 16.4 Å². The standard InChI is InChI=1S/C21H24N2O2S3/c1-15-14-26-21(22-15)19-13-20(16(2)27-19)28(24,25)23-10-8-18(9-11-23)12-17-6-4-3-5-7-17/h3-7,13-14,18H,8-12H2,1-2H3. The van der Waals surface area contributed by atoms with Crippen molar-refractivity contribution in [1.82, 2.24) is 9.29 Å². The smallest absolute Gasteiger partial charge is 0.241 e. The van der Waals surface area contributed by atoms with E-state index < -0.39 is 10.0 Å². The highest BCUT2D eigenvalue weighted by Crippen LogP contribution is 2.37. The fourth-order valence-electron chi connectivity index (χ4n) is 3.73. The predicted molar refractivity (Wildman–Crippen MR) is 117 cm³/mol. The molecule has 3 heterocycles. The van der Waals surface area contributed by atoms with Gasteiger partial charge in [-0.25, -0.2) is 13.4 Å². The zero-order chi connectivity index (χ0) is 19.7. The van der Waals surface area contributed by atoms with E-state index in [1.807, 2.05) is 31.4 Å². The van der Waals surface area contributed by atoms with Crippen LogP contribution in [0.15, 0.2) is 46.7 Å². The quantitative estimate of drug-likeness (QED) is 0.561.